The Morgan fingerprint density at radius 2 is 1.58 bits per heavy atom. The van der Waals surface area contributed by atoms with Gasteiger partial charge in [0.05, 0.1) is 5.56 Å². The molecule has 6 heteroatoms. The molecule has 0 fully saturated rings. The third-order valence-corrected chi connectivity index (χ3v) is 10.1. The second kappa shape index (κ2) is 7.99. The molecule has 26 heavy (non-hydrogen) atoms. The zero-order chi connectivity index (χ0) is 19.5. The van der Waals surface area contributed by atoms with Crippen LogP contribution in [0, 0.1) is 0 Å². The highest BCUT2D eigenvalue weighted by Gasteiger charge is 2.40. The summed E-state index contributed by atoms with van der Waals surface area (Å²) in [7, 11) is -2.24. The van der Waals surface area contributed by atoms with E-state index in [-0.39, 0.29) is 16.1 Å². The third-order valence-electron chi connectivity index (χ3n) is 4.54. The Morgan fingerprint density at radius 1 is 1.00 bits per heavy atom. The molecule has 0 bridgehead atoms. The van der Waals surface area contributed by atoms with Crippen LogP contribution in [0.2, 0.25) is 23.2 Å². The van der Waals surface area contributed by atoms with Crippen LogP contribution in [0.1, 0.15) is 41.5 Å². The fourth-order valence-corrected chi connectivity index (χ4v) is 3.78. The summed E-state index contributed by atoms with van der Waals surface area (Å²) in [5.74, 6) is -0.372. The zero-order valence-electron chi connectivity index (χ0n) is 15.6. The average Bonchev–Trinajstić information content (AvgIpc) is 2.54. The topological polar surface area (TPSA) is 43.4 Å². The molecule has 2 aromatic carbocycles. The first-order valence-corrected chi connectivity index (χ1v) is 12.4. The minimum absolute atomic E-state index is 0.0795. The molecule has 0 atom stereocenters. The lowest BCUT2D eigenvalue weighted by Gasteiger charge is -2.35. The molecule has 0 spiro atoms. The van der Waals surface area contributed by atoms with Crippen LogP contribution in [0.15, 0.2) is 53.4 Å². The van der Waals surface area contributed by atoms with E-state index in [4.69, 9.17) is 16.0 Å². The van der Waals surface area contributed by atoms with Crippen molar-refractivity contribution in [1.29, 1.82) is 0 Å². The number of benzene rings is 2. The number of hydrogen-bond acceptors (Lipinski definition) is 4. The summed E-state index contributed by atoms with van der Waals surface area (Å²) in [6.45, 7) is 10.3. The van der Waals surface area contributed by atoms with Crippen molar-refractivity contribution in [3.8, 4) is 0 Å². The van der Waals surface area contributed by atoms with Crippen LogP contribution in [0.3, 0.4) is 0 Å². The first-order chi connectivity index (χ1) is 12.0. The highest BCUT2D eigenvalue weighted by atomic mass is 35.5. The van der Waals surface area contributed by atoms with Gasteiger partial charge in [0.1, 0.15) is 0 Å². The van der Waals surface area contributed by atoms with Crippen LogP contribution in [0.25, 0.3) is 0 Å². The van der Waals surface area contributed by atoms with Gasteiger partial charge in [-0.15, -0.1) is 0 Å². The van der Waals surface area contributed by atoms with E-state index in [2.05, 4.69) is 20.8 Å². The molecule has 0 heterocycles. The van der Waals surface area contributed by atoms with Crippen molar-refractivity contribution in [2.75, 3.05) is 0 Å². The number of halogens is 1. The van der Waals surface area contributed by atoms with Crippen molar-refractivity contribution in [1.82, 2.24) is 0 Å². The first-order valence-electron chi connectivity index (χ1n) is 8.31. The van der Waals surface area contributed by atoms with Crippen LogP contribution >= 0.6 is 23.4 Å². The Bertz CT molecular complexity index is 811. The van der Waals surface area contributed by atoms with E-state index in [1.54, 1.807) is 48.5 Å². The van der Waals surface area contributed by atoms with Gasteiger partial charge >= 0.3 is 5.97 Å². The molecule has 138 valence electrons. The first kappa shape index (κ1) is 20.7. The molecule has 3 nitrogen and oxygen atoms in total. The van der Waals surface area contributed by atoms with Crippen LogP contribution in [-0.4, -0.2) is 19.4 Å². The quantitative estimate of drug-likeness (QED) is 0.433. The van der Waals surface area contributed by atoms with E-state index in [9.17, 15) is 9.59 Å². The third kappa shape index (κ3) is 4.99. The summed E-state index contributed by atoms with van der Waals surface area (Å²) >= 11 is 6.89. The van der Waals surface area contributed by atoms with E-state index < -0.39 is 8.32 Å². The van der Waals surface area contributed by atoms with E-state index in [0.29, 0.717) is 21.0 Å². The lowest BCUT2D eigenvalue weighted by Crippen LogP contribution is -2.42. The maximum atomic E-state index is 12.8. The van der Waals surface area contributed by atoms with Crippen molar-refractivity contribution >= 4 is 42.8 Å². The summed E-state index contributed by atoms with van der Waals surface area (Å²) in [4.78, 5) is 25.9. The van der Waals surface area contributed by atoms with Gasteiger partial charge in [0.15, 0.2) is 0 Å². The molecule has 0 saturated carbocycles. The summed E-state index contributed by atoms with van der Waals surface area (Å²) < 4.78 is 5.89. The van der Waals surface area contributed by atoms with Gasteiger partial charge < -0.3 is 4.43 Å². The smallest absolute Gasteiger partial charge is 0.325 e. The fourth-order valence-electron chi connectivity index (χ4n) is 1.91. The number of carbonyl (C=O) groups is 2. The number of hydrogen-bond donors (Lipinski definition) is 0. The molecule has 0 aromatic heterocycles. The largest absolute Gasteiger partial charge is 0.516 e. The van der Waals surface area contributed by atoms with E-state index >= 15 is 0 Å². The van der Waals surface area contributed by atoms with Gasteiger partial charge in [-0.2, -0.15) is 0 Å². The summed E-state index contributed by atoms with van der Waals surface area (Å²) in [6, 6.07) is 13.7. The standard InChI is InChI=1S/C20H23ClO3SSi/c1-20(2,3)26(4,5)24-18(22)16-8-6-7-9-17(16)25-19(23)14-10-12-15(21)13-11-14/h6-13H,1-5H3. The molecule has 2 aromatic rings. The molecule has 0 aliphatic carbocycles. The molecule has 0 saturated heterocycles. The molecular formula is C20H23ClO3SSi. The Hall–Kier alpha value is -1.56. The Kier molecular flexibility index (Phi) is 6.37. The van der Waals surface area contributed by atoms with Gasteiger partial charge in [0, 0.05) is 15.5 Å². The maximum Gasteiger partial charge on any atom is 0.325 e. The summed E-state index contributed by atoms with van der Waals surface area (Å²) in [5.41, 5.74) is 0.955. The molecule has 0 aliphatic heterocycles. The van der Waals surface area contributed by atoms with Crippen LogP contribution in [0.5, 0.6) is 0 Å². The Balaban J connectivity index is 2.23. The van der Waals surface area contributed by atoms with Crippen LogP contribution in [-0.2, 0) is 4.43 Å². The van der Waals surface area contributed by atoms with Crippen molar-refractivity contribution in [2.24, 2.45) is 0 Å². The number of carbonyl (C=O) groups excluding carboxylic acids is 2. The van der Waals surface area contributed by atoms with E-state index in [1.807, 2.05) is 13.1 Å². The highest BCUT2D eigenvalue weighted by Crippen LogP contribution is 2.37. The van der Waals surface area contributed by atoms with E-state index in [0.717, 1.165) is 11.8 Å². The second-order valence-electron chi connectivity index (χ2n) is 7.54. The SMILES string of the molecule is CC(C)(C)[Si](C)(C)OC(=O)c1ccccc1SC(=O)c1ccc(Cl)cc1. The number of rotatable bonds is 4. The van der Waals surface area contributed by atoms with Gasteiger partial charge in [-0.3, -0.25) is 4.79 Å². The molecular weight excluding hydrogens is 384 g/mol. The van der Waals surface area contributed by atoms with Gasteiger partial charge in [-0.05, 0) is 66.3 Å². The van der Waals surface area contributed by atoms with Gasteiger partial charge in [-0.1, -0.05) is 44.5 Å². The molecule has 0 aliphatic rings. The van der Waals surface area contributed by atoms with Gasteiger partial charge in [-0.25, -0.2) is 4.79 Å². The Morgan fingerprint density at radius 3 is 2.15 bits per heavy atom. The van der Waals surface area contributed by atoms with Crippen LogP contribution in [0.4, 0.5) is 0 Å². The molecule has 0 unspecified atom stereocenters. The van der Waals surface area contributed by atoms with Gasteiger partial charge in [0.25, 0.3) is 8.32 Å². The second-order valence-corrected chi connectivity index (χ2v) is 13.7. The summed E-state index contributed by atoms with van der Waals surface area (Å²) in [6.07, 6.45) is 0. The summed E-state index contributed by atoms with van der Waals surface area (Å²) in [5, 5.41) is 0.350. The highest BCUT2D eigenvalue weighted by molar-refractivity contribution is 8.14. The average molecular weight is 407 g/mol. The van der Waals surface area contributed by atoms with Gasteiger partial charge in [0.2, 0.25) is 5.12 Å². The van der Waals surface area contributed by atoms with E-state index in [1.165, 1.54) is 0 Å². The fraction of sp³-hybridized carbons (Fsp3) is 0.300. The molecule has 0 amide bonds. The molecule has 2 rings (SSSR count). The lowest BCUT2D eigenvalue weighted by molar-refractivity contribution is 0.0709. The van der Waals surface area contributed by atoms with Crippen LogP contribution < -0.4 is 0 Å². The van der Waals surface area contributed by atoms with Crippen molar-refractivity contribution in [2.45, 2.75) is 43.8 Å². The Labute approximate surface area is 165 Å². The van der Waals surface area contributed by atoms with Crippen molar-refractivity contribution in [3.63, 3.8) is 0 Å². The predicted molar refractivity (Wildman–Crippen MR) is 111 cm³/mol. The normalized spacial score (nSPS) is 11.9. The maximum absolute atomic E-state index is 12.8. The molecule has 0 radical (unpaired) electrons. The minimum Gasteiger partial charge on any atom is -0.516 e. The minimum atomic E-state index is -2.24. The van der Waals surface area contributed by atoms with Crippen molar-refractivity contribution < 1.29 is 14.0 Å². The predicted octanol–water partition coefficient (Wildman–Crippen LogP) is 6.43. The lowest BCUT2D eigenvalue weighted by atomic mass is 10.2. The zero-order valence-corrected chi connectivity index (χ0v) is 18.2. The number of thioether (sulfide) groups is 1. The van der Waals surface area contributed by atoms with Crippen molar-refractivity contribution in [3.05, 3.63) is 64.7 Å². The monoisotopic (exact) mass is 406 g/mol. The molecule has 0 N–H and O–H groups in total.